The molecule has 1 aromatic carbocycles. The molecule has 1 aliphatic rings. The van der Waals surface area contributed by atoms with Gasteiger partial charge < -0.3 is 10.1 Å². The fourth-order valence-corrected chi connectivity index (χ4v) is 1.25. The Morgan fingerprint density at radius 3 is 2.80 bits per heavy atom. The van der Waals surface area contributed by atoms with Crippen molar-refractivity contribution in [1.82, 2.24) is 5.32 Å². The molecule has 1 N–H and O–H groups in total. The van der Waals surface area contributed by atoms with Crippen molar-refractivity contribution in [2.24, 2.45) is 0 Å². The number of rotatable bonds is 3. The van der Waals surface area contributed by atoms with E-state index in [2.05, 4.69) is 5.32 Å². The van der Waals surface area contributed by atoms with Gasteiger partial charge >= 0.3 is 0 Å². The quantitative estimate of drug-likeness (QED) is 0.823. The van der Waals surface area contributed by atoms with Crippen molar-refractivity contribution in [3.05, 3.63) is 29.6 Å². The summed E-state index contributed by atoms with van der Waals surface area (Å²) in [5.74, 6) is -0.556. The third kappa shape index (κ3) is 2.26. The number of ether oxygens (including phenoxy) is 1. The highest BCUT2D eigenvalue weighted by Crippen LogP contribution is 2.28. The molecular formula is C11H12FNO2. The van der Waals surface area contributed by atoms with Gasteiger partial charge in [0, 0.05) is 12.6 Å². The van der Waals surface area contributed by atoms with Gasteiger partial charge in [-0.1, -0.05) is 0 Å². The fraction of sp³-hybridized carbons (Fsp3) is 0.364. The molecule has 0 spiro atoms. The number of carbonyl (C=O) groups is 1. The summed E-state index contributed by atoms with van der Waals surface area (Å²) in [6, 6.07) is 4.24. The number of benzene rings is 1. The Morgan fingerprint density at radius 2 is 2.27 bits per heavy atom. The first-order chi connectivity index (χ1) is 7.20. The molecule has 0 unspecified atom stereocenters. The molecule has 1 aromatic rings. The molecular weight excluding hydrogens is 197 g/mol. The van der Waals surface area contributed by atoms with E-state index in [9.17, 15) is 9.18 Å². The van der Waals surface area contributed by atoms with E-state index in [1.54, 1.807) is 6.07 Å². The summed E-state index contributed by atoms with van der Waals surface area (Å²) in [7, 11) is 1.51. The molecule has 3 nitrogen and oxygen atoms in total. The van der Waals surface area contributed by atoms with Crippen molar-refractivity contribution in [2.45, 2.75) is 18.9 Å². The SMILES string of the molecule is CNC(=O)c1ccc(OC2CC2)c(F)c1. The summed E-state index contributed by atoms with van der Waals surface area (Å²) in [5.41, 5.74) is 0.304. The van der Waals surface area contributed by atoms with Crippen molar-refractivity contribution in [3.8, 4) is 5.75 Å². The summed E-state index contributed by atoms with van der Waals surface area (Å²) in [4.78, 5) is 11.2. The number of nitrogens with one attached hydrogen (secondary N) is 1. The molecule has 15 heavy (non-hydrogen) atoms. The van der Waals surface area contributed by atoms with E-state index in [1.165, 1.54) is 19.2 Å². The summed E-state index contributed by atoms with van der Waals surface area (Å²) in [6.07, 6.45) is 2.12. The second-order valence-corrected chi connectivity index (χ2v) is 3.54. The Morgan fingerprint density at radius 1 is 1.53 bits per heavy atom. The molecule has 1 saturated carbocycles. The normalized spacial score (nSPS) is 14.8. The Kier molecular flexibility index (Phi) is 2.58. The van der Waals surface area contributed by atoms with Crippen molar-refractivity contribution >= 4 is 5.91 Å². The van der Waals surface area contributed by atoms with Crippen molar-refractivity contribution in [3.63, 3.8) is 0 Å². The van der Waals surface area contributed by atoms with Crippen LogP contribution >= 0.6 is 0 Å². The molecule has 1 fully saturated rings. The van der Waals surface area contributed by atoms with Crippen LogP contribution in [0.25, 0.3) is 0 Å². The van der Waals surface area contributed by atoms with Gasteiger partial charge in [-0.25, -0.2) is 4.39 Å². The van der Waals surface area contributed by atoms with E-state index in [0.29, 0.717) is 5.56 Å². The van der Waals surface area contributed by atoms with Crippen LogP contribution in [0.4, 0.5) is 4.39 Å². The molecule has 2 rings (SSSR count). The average molecular weight is 209 g/mol. The summed E-state index contributed by atoms with van der Waals surface area (Å²) in [5, 5.41) is 2.43. The van der Waals surface area contributed by atoms with E-state index < -0.39 is 5.82 Å². The lowest BCUT2D eigenvalue weighted by Gasteiger charge is -2.06. The van der Waals surface area contributed by atoms with E-state index in [1.807, 2.05) is 0 Å². The van der Waals surface area contributed by atoms with E-state index in [4.69, 9.17) is 4.74 Å². The van der Waals surface area contributed by atoms with E-state index >= 15 is 0 Å². The van der Waals surface area contributed by atoms with Crippen LogP contribution in [0.1, 0.15) is 23.2 Å². The standard InChI is InChI=1S/C11H12FNO2/c1-13-11(14)7-2-5-10(9(12)6-7)15-8-3-4-8/h2,5-6,8H,3-4H2,1H3,(H,13,14). The summed E-state index contributed by atoms with van der Waals surface area (Å²) in [6.45, 7) is 0. The predicted octanol–water partition coefficient (Wildman–Crippen LogP) is 1.73. The Balaban J connectivity index is 2.17. The first-order valence-corrected chi connectivity index (χ1v) is 4.89. The minimum atomic E-state index is -0.483. The average Bonchev–Trinajstić information content (AvgIpc) is 3.04. The topological polar surface area (TPSA) is 38.3 Å². The summed E-state index contributed by atoms with van der Waals surface area (Å²) < 4.78 is 18.7. The highest BCUT2D eigenvalue weighted by molar-refractivity contribution is 5.94. The van der Waals surface area contributed by atoms with Gasteiger partial charge in [-0.2, -0.15) is 0 Å². The third-order valence-electron chi connectivity index (χ3n) is 2.24. The largest absolute Gasteiger partial charge is 0.487 e. The van der Waals surface area contributed by atoms with Gasteiger partial charge in [0.15, 0.2) is 11.6 Å². The second-order valence-electron chi connectivity index (χ2n) is 3.54. The molecule has 1 aliphatic carbocycles. The Bertz CT molecular complexity index is 388. The zero-order valence-corrected chi connectivity index (χ0v) is 8.42. The van der Waals surface area contributed by atoms with Crippen LogP contribution in [0.3, 0.4) is 0 Å². The fourth-order valence-electron chi connectivity index (χ4n) is 1.25. The lowest BCUT2D eigenvalue weighted by Crippen LogP contribution is -2.17. The maximum absolute atomic E-state index is 13.4. The monoisotopic (exact) mass is 209 g/mol. The molecule has 0 heterocycles. The van der Waals surface area contributed by atoms with Crippen LogP contribution in [-0.2, 0) is 0 Å². The van der Waals surface area contributed by atoms with Crippen LogP contribution in [0.2, 0.25) is 0 Å². The van der Waals surface area contributed by atoms with Gasteiger partial charge in [-0.3, -0.25) is 4.79 Å². The lowest BCUT2D eigenvalue weighted by molar-refractivity contribution is 0.0962. The van der Waals surface area contributed by atoms with Crippen molar-refractivity contribution in [1.29, 1.82) is 0 Å². The molecule has 4 heteroatoms. The van der Waals surface area contributed by atoms with Crippen molar-refractivity contribution < 1.29 is 13.9 Å². The van der Waals surface area contributed by atoms with Gasteiger partial charge in [0.05, 0.1) is 6.10 Å². The minimum Gasteiger partial charge on any atom is -0.487 e. The van der Waals surface area contributed by atoms with Gasteiger partial charge in [0.2, 0.25) is 0 Å². The van der Waals surface area contributed by atoms with E-state index in [-0.39, 0.29) is 17.8 Å². The molecule has 0 radical (unpaired) electrons. The van der Waals surface area contributed by atoms with Gasteiger partial charge in [-0.05, 0) is 31.0 Å². The lowest BCUT2D eigenvalue weighted by atomic mass is 10.2. The van der Waals surface area contributed by atoms with Gasteiger partial charge in [0.25, 0.3) is 5.91 Å². The molecule has 80 valence electrons. The predicted molar refractivity (Wildman–Crippen MR) is 53.4 cm³/mol. The van der Waals surface area contributed by atoms with Crippen LogP contribution in [0.15, 0.2) is 18.2 Å². The minimum absolute atomic E-state index is 0.158. The van der Waals surface area contributed by atoms with Crippen LogP contribution in [0, 0.1) is 5.82 Å². The maximum atomic E-state index is 13.4. The number of amides is 1. The van der Waals surface area contributed by atoms with Crippen LogP contribution in [0.5, 0.6) is 5.75 Å². The second kappa shape index (κ2) is 3.88. The maximum Gasteiger partial charge on any atom is 0.251 e. The number of carbonyl (C=O) groups excluding carboxylic acids is 1. The molecule has 0 bridgehead atoms. The molecule has 0 aliphatic heterocycles. The highest BCUT2D eigenvalue weighted by atomic mass is 19.1. The molecule has 0 saturated heterocycles. The van der Waals surface area contributed by atoms with Gasteiger partial charge in [-0.15, -0.1) is 0 Å². The number of hydrogen-bond acceptors (Lipinski definition) is 2. The summed E-state index contributed by atoms with van der Waals surface area (Å²) >= 11 is 0. The van der Waals surface area contributed by atoms with Crippen LogP contribution < -0.4 is 10.1 Å². The van der Waals surface area contributed by atoms with Crippen molar-refractivity contribution in [2.75, 3.05) is 7.05 Å². The van der Waals surface area contributed by atoms with Crippen LogP contribution in [-0.4, -0.2) is 19.1 Å². The smallest absolute Gasteiger partial charge is 0.251 e. The zero-order valence-electron chi connectivity index (χ0n) is 8.42. The Hall–Kier alpha value is -1.58. The highest BCUT2D eigenvalue weighted by Gasteiger charge is 2.24. The van der Waals surface area contributed by atoms with Gasteiger partial charge in [0.1, 0.15) is 0 Å². The molecule has 0 aromatic heterocycles. The third-order valence-corrected chi connectivity index (χ3v) is 2.24. The van der Waals surface area contributed by atoms with E-state index in [0.717, 1.165) is 12.8 Å². The first-order valence-electron chi connectivity index (χ1n) is 4.89. The molecule has 0 atom stereocenters. The number of halogens is 1. The number of hydrogen-bond donors (Lipinski definition) is 1. The molecule has 1 amide bonds. The zero-order chi connectivity index (χ0) is 10.8. The first kappa shape index (κ1) is 9.96. The Labute approximate surface area is 87.2 Å².